The molecule has 28 heavy (non-hydrogen) atoms. The summed E-state index contributed by atoms with van der Waals surface area (Å²) in [5, 5.41) is 3.09. The molecule has 1 aliphatic heterocycles. The number of amides is 2. The first kappa shape index (κ1) is 19.9. The number of ketones is 1. The first-order valence-corrected chi connectivity index (χ1v) is 9.77. The molecular weight excluding hydrogens is 350 g/mol. The molecule has 1 heterocycles. The standard InChI is InChI=1S/C23H29N3O2/c1-17(27)18-9-11-19(12-10-18)25-13-15-26(16-14-25)22(28)24-21-8-6-5-7-20(21)23(2,3)4/h5-12H,13-16H2,1-4H3,(H,24,28). The van der Waals surface area contributed by atoms with Gasteiger partial charge in [-0.3, -0.25) is 4.79 Å². The minimum atomic E-state index is -0.0525. The van der Waals surface area contributed by atoms with E-state index in [9.17, 15) is 9.59 Å². The molecule has 148 valence electrons. The molecule has 0 spiro atoms. The number of carbonyl (C=O) groups excluding carboxylic acids is 2. The number of nitrogens with zero attached hydrogens (tertiary/aromatic N) is 2. The van der Waals surface area contributed by atoms with E-state index in [4.69, 9.17) is 0 Å². The van der Waals surface area contributed by atoms with Gasteiger partial charge in [0.15, 0.2) is 5.78 Å². The summed E-state index contributed by atoms with van der Waals surface area (Å²) in [5.41, 5.74) is 3.78. The number of carbonyl (C=O) groups is 2. The van der Waals surface area contributed by atoms with Gasteiger partial charge in [0.1, 0.15) is 0 Å². The number of Topliss-reactive ketones (excluding diaryl/α,β-unsaturated/α-hetero) is 1. The molecule has 2 amide bonds. The van der Waals surface area contributed by atoms with Crippen molar-refractivity contribution in [1.82, 2.24) is 4.90 Å². The molecule has 1 aliphatic rings. The van der Waals surface area contributed by atoms with Gasteiger partial charge in [-0.1, -0.05) is 39.0 Å². The molecule has 0 aliphatic carbocycles. The Balaban J connectivity index is 1.61. The van der Waals surface area contributed by atoms with Crippen molar-refractivity contribution in [3.63, 3.8) is 0 Å². The maximum Gasteiger partial charge on any atom is 0.321 e. The van der Waals surface area contributed by atoms with Crippen molar-refractivity contribution in [2.24, 2.45) is 0 Å². The van der Waals surface area contributed by atoms with Crippen LogP contribution in [0.5, 0.6) is 0 Å². The fourth-order valence-corrected chi connectivity index (χ4v) is 3.52. The summed E-state index contributed by atoms with van der Waals surface area (Å²) in [6, 6.07) is 15.6. The van der Waals surface area contributed by atoms with Crippen LogP contribution in [0.1, 0.15) is 43.6 Å². The van der Waals surface area contributed by atoms with E-state index in [2.05, 4.69) is 37.1 Å². The van der Waals surface area contributed by atoms with Crippen molar-refractivity contribution in [3.8, 4) is 0 Å². The van der Waals surface area contributed by atoms with Gasteiger partial charge in [-0.25, -0.2) is 4.79 Å². The van der Waals surface area contributed by atoms with Crippen molar-refractivity contribution in [1.29, 1.82) is 0 Å². The number of nitrogens with one attached hydrogen (secondary N) is 1. The van der Waals surface area contributed by atoms with E-state index in [1.165, 1.54) is 0 Å². The third-order valence-electron chi connectivity index (χ3n) is 5.18. The third kappa shape index (κ3) is 4.53. The van der Waals surface area contributed by atoms with Crippen molar-refractivity contribution in [3.05, 3.63) is 59.7 Å². The van der Waals surface area contributed by atoms with Crippen LogP contribution in [0.15, 0.2) is 48.5 Å². The second-order valence-corrected chi connectivity index (χ2v) is 8.30. The van der Waals surface area contributed by atoms with Crippen molar-refractivity contribution < 1.29 is 9.59 Å². The quantitative estimate of drug-likeness (QED) is 0.797. The number of anilines is 2. The first-order chi connectivity index (χ1) is 13.3. The molecule has 0 radical (unpaired) electrons. The summed E-state index contributed by atoms with van der Waals surface area (Å²) in [5.74, 6) is 0.0728. The second kappa shape index (κ2) is 8.05. The zero-order valence-electron chi connectivity index (χ0n) is 17.2. The van der Waals surface area contributed by atoms with Crippen LogP contribution in [-0.4, -0.2) is 42.9 Å². The molecule has 1 saturated heterocycles. The molecule has 5 heteroatoms. The van der Waals surface area contributed by atoms with Gasteiger partial charge in [0.05, 0.1) is 0 Å². The fraction of sp³-hybridized carbons (Fsp3) is 0.391. The summed E-state index contributed by atoms with van der Waals surface area (Å²) in [7, 11) is 0. The van der Waals surface area contributed by atoms with Crippen LogP contribution < -0.4 is 10.2 Å². The van der Waals surface area contributed by atoms with E-state index in [0.717, 1.165) is 35.6 Å². The lowest BCUT2D eigenvalue weighted by molar-refractivity contribution is 0.101. The Morgan fingerprint density at radius 1 is 0.893 bits per heavy atom. The summed E-state index contributed by atoms with van der Waals surface area (Å²) in [6.07, 6.45) is 0. The van der Waals surface area contributed by atoms with Crippen molar-refractivity contribution in [2.45, 2.75) is 33.1 Å². The number of urea groups is 1. The van der Waals surface area contributed by atoms with Crippen molar-refractivity contribution in [2.75, 3.05) is 36.4 Å². The maximum atomic E-state index is 12.8. The van der Waals surface area contributed by atoms with E-state index in [1.54, 1.807) is 6.92 Å². The molecule has 0 bridgehead atoms. The Bertz CT molecular complexity index is 845. The Morgan fingerprint density at radius 2 is 1.50 bits per heavy atom. The van der Waals surface area contributed by atoms with Gasteiger partial charge in [-0.15, -0.1) is 0 Å². The highest BCUT2D eigenvalue weighted by atomic mass is 16.2. The number of benzene rings is 2. The third-order valence-corrected chi connectivity index (χ3v) is 5.18. The van der Waals surface area contributed by atoms with Gasteiger partial charge >= 0.3 is 6.03 Å². The van der Waals surface area contributed by atoms with E-state index < -0.39 is 0 Å². The van der Waals surface area contributed by atoms with Gasteiger partial charge in [0.2, 0.25) is 0 Å². The predicted molar refractivity (Wildman–Crippen MR) is 114 cm³/mol. The van der Waals surface area contributed by atoms with Crippen LogP contribution in [0, 0.1) is 0 Å². The molecule has 0 unspecified atom stereocenters. The number of hydrogen-bond acceptors (Lipinski definition) is 3. The predicted octanol–water partition coefficient (Wildman–Crippen LogP) is 4.54. The Morgan fingerprint density at radius 3 is 2.07 bits per heavy atom. The fourth-order valence-electron chi connectivity index (χ4n) is 3.52. The van der Waals surface area contributed by atoms with Crippen LogP contribution in [0.25, 0.3) is 0 Å². The monoisotopic (exact) mass is 379 g/mol. The van der Waals surface area contributed by atoms with Crippen LogP contribution >= 0.6 is 0 Å². The Kier molecular flexibility index (Phi) is 5.73. The topological polar surface area (TPSA) is 52.7 Å². The van der Waals surface area contributed by atoms with Gasteiger partial charge in [0.25, 0.3) is 0 Å². The van der Waals surface area contributed by atoms with Crippen LogP contribution in [0.4, 0.5) is 16.2 Å². The van der Waals surface area contributed by atoms with Crippen LogP contribution in [-0.2, 0) is 5.41 Å². The minimum Gasteiger partial charge on any atom is -0.368 e. The molecule has 0 saturated carbocycles. The Hall–Kier alpha value is -2.82. The highest BCUT2D eigenvalue weighted by Gasteiger charge is 2.24. The highest BCUT2D eigenvalue weighted by molar-refractivity contribution is 5.94. The van der Waals surface area contributed by atoms with E-state index in [0.29, 0.717) is 13.1 Å². The van der Waals surface area contributed by atoms with E-state index >= 15 is 0 Å². The second-order valence-electron chi connectivity index (χ2n) is 8.30. The molecule has 2 aromatic carbocycles. The zero-order valence-corrected chi connectivity index (χ0v) is 17.2. The largest absolute Gasteiger partial charge is 0.368 e. The number of hydrogen-bond donors (Lipinski definition) is 1. The summed E-state index contributed by atoms with van der Waals surface area (Å²) in [6.45, 7) is 10.9. The molecule has 0 atom stereocenters. The smallest absolute Gasteiger partial charge is 0.321 e. The average Bonchev–Trinajstić information content (AvgIpc) is 2.68. The normalized spacial score (nSPS) is 14.7. The lowest BCUT2D eigenvalue weighted by Crippen LogP contribution is -2.50. The number of rotatable bonds is 3. The molecule has 1 fully saturated rings. The number of piperazine rings is 1. The van der Waals surface area contributed by atoms with Gasteiger partial charge in [-0.05, 0) is 48.2 Å². The first-order valence-electron chi connectivity index (χ1n) is 9.77. The lowest BCUT2D eigenvalue weighted by atomic mass is 9.86. The summed E-state index contributed by atoms with van der Waals surface area (Å²) in [4.78, 5) is 28.3. The molecule has 0 aromatic heterocycles. The van der Waals surface area contributed by atoms with E-state index in [-0.39, 0.29) is 17.2 Å². The molecule has 5 nitrogen and oxygen atoms in total. The van der Waals surface area contributed by atoms with Gasteiger partial charge in [0, 0.05) is 43.1 Å². The lowest BCUT2D eigenvalue weighted by Gasteiger charge is -2.36. The minimum absolute atomic E-state index is 0.0331. The van der Waals surface area contributed by atoms with E-state index in [1.807, 2.05) is 47.4 Å². The Labute approximate surface area is 167 Å². The number of para-hydroxylation sites is 1. The SMILES string of the molecule is CC(=O)c1ccc(N2CCN(C(=O)Nc3ccccc3C(C)(C)C)CC2)cc1. The van der Waals surface area contributed by atoms with Gasteiger partial charge in [-0.2, -0.15) is 0 Å². The van der Waals surface area contributed by atoms with Crippen molar-refractivity contribution >= 4 is 23.2 Å². The molecule has 3 rings (SSSR count). The summed E-state index contributed by atoms with van der Waals surface area (Å²) >= 11 is 0. The average molecular weight is 380 g/mol. The molecule has 2 aromatic rings. The highest BCUT2D eigenvalue weighted by Crippen LogP contribution is 2.29. The maximum absolute atomic E-state index is 12.8. The zero-order chi connectivity index (χ0) is 20.3. The molecule has 1 N–H and O–H groups in total. The van der Waals surface area contributed by atoms with Crippen LogP contribution in [0.2, 0.25) is 0 Å². The summed E-state index contributed by atoms with van der Waals surface area (Å²) < 4.78 is 0. The van der Waals surface area contributed by atoms with Gasteiger partial charge < -0.3 is 15.1 Å². The molecular formula is C23H29N3O2. The van der Waals surface area contributed by atoms with Crippen LogP contribution in [0.3, 0.4) is 0 Å².